The molecule has 6 nitrogen and oxygen atoms in total. The molecule has 0 radical (unpaired) electrons. The third kappa shape index (κ3) is 6.26. The molecule has 0 aliphatic heterocycles. The van der Waals surface area contributed by atoms with Gasteiger partial charge in [-0.3, -0.25) is 9.98 Å². The van der Waals surface area contributed by atoms with E-state index in [0.717, 1.165) is 0 Å². The number of benzene rings is 4. The van der Waals surface area contributed by atoms with E-state index in [1.165, 1.54) is 61.0 Å². The van der Waals surface area contributed by atoms with Gasteiger partial charge < -0.3 is 10.2 Å². The molecule has 2 N–H and O–H groups in total. The van der Waals surface area contributed by atoms with E-state index in [2.05, 4.69) is 9.98 Å². The maximum Gasteiger partial charge on any atom is 0.206 e. The minimum absolute atomic E-state index is 0.0101. The van der Waals surface area contributed by atoms with Crippen molar-refractivity contribution in [3.8, 4) is 11.5 Å². The van der Waals surface area contributed by atoms with Crippen molar-refractivity contribution in [2.75, 3.05) is 0 Å². The van der Waals surface area contributed by atoms with Gasteiger partial charge in [0.1, 0.15) is 11.5 Å². The van der Waals surface area contributed by atoms with Crippen molar-refractivity contribution in [1.29, 1.82) is 0 Å². The highest BCUT2D eigenvalue weighted by atomic mass is 35.5. The van der Waals surface area contributed by atoms with Gasteiger partial charge in [-0.2, -0.15) is 0 Å². The molecule has 4 aromatic rings. The lowest BCUT2D eigenvalue weighted by Crippen LogP contribution is -2.01. The number of phenols is 2. The van der Waals surface area contributed by atoms with Gasteiger partial charge in [-0.25, -0.2) is 8.42 Å². The fourth-order valence-corrected chi connectivity index (χ4v) is 5.61. The Morgan fingerprint density at radius 3 is 1.43 bits per heavy atom. The Bertz CT molecular complexity index is 1550. The van der Waals surface area contributed by atoms with Crippen LogP contribution < -0.4 is 0 Å². The van der Waals surface area contributed by atoms with E-state index in [1.807, 2.05) is 0 Å². The first-order chi connectivity index (χ1) is 17.5. The lowest BCUT2D eigenvalue weighted by Gasteiger charge is -2.07. The SMILES string of the molecule is O=S(=O)(c1cccc(N=Cc2cc(Cl)cc(Cl)c2O)c1)c1cccc(N=Cc2cc(Cl)cc(Cl)c2O)c1. The van der Waals surface area contributed by atoms with Crippen LogP contribution in [0.15, 0.2) is 92.6 Å². The zero-order valence-corrected chi connectivity index (χ0v) is 22.4. The van der Waals surface area contributed by atoms with E-state index in [9.17, 15) is 18.6 Å². The van der Waals surface area contributed by atoms with Crippen LogP contribution in [0.4, 0.5) is 11.4 Å². The molecule has 188 valence electrons. The summed E-state index contributed by atoms with van der Waals surface area (Å²) in [5, 5.41) is 21.0. The van der Waals surface area contributed by atoms with Gasteiger partial charge in [0, 0.05) is 33.6 Å². The molecule has 0 unspecified atom stereocenters. The third-order valence-corrected chi connectivity index (χ3v) is 7.84. The van der Waals surface area contributed by atoms with E-state index in [4.69, 9.17) is 46.4 Å². The van der Waals surface area contributed by atoms with Gasteiger partial charge in [0.15, 0.2) is 0 Å². The molecule has 11 heteroatoms. The summed E-state index contributed by atoms with van der Waals surface area (Å²) in [7, 11) is -3.92. The molecule has 0 amide bonds. The van der Waals surface area contributed by atoms with Gasteiger partial charge in [-0.15, -0.1) is 0 Å². The molecule has 0 saturated carbocycles. The molecule has 0 saturated heterocycles. The third-order valence-electron chi connectivity index (χ3n) is 5.08. The topological polar surface area (TPSA) is 99.3 Å². The monoisotopic (exact) mass is 592 g/mol. The molecule has 4 aromatic carbocycles. The van der Waals surface area contributed by atoms with Crippen molar-refractivity contribution in [2.45, 2.75) is 9.79 Å². The Balaban J connectivity index is 1.63. The lowest BCUT2D eigenvalue weighted by atomic mass is 10.2. The molecule has 0 heterocycles. The van der Waals surface area contributed by atoms with Crippen LogP contribution in [0, 0.1) is 0 Å². The standard InChI is InChI=1S/C26H16Cl4N2O4S/c27-17-7-15(25(33)23(29)9-17)13-31-19-3-1-5-21(11-19)37(35,36)22-6-2-4-20(12-22)32-14-16-8-18(28)10-24(30)26(16)34/h1-14,33-34H. The molecule has 37 heavy (non-hydrogen) atoms. The van der Waals surface area contributed by atoms with Crippen LogP contribution in [-0.4, -0.2) is 31.1 Å². The van der Waals surface area contributed by atoms with E-state index < -0.39 is 9.84 Å². The quantitative estimate of drug-likeness (QED) is 0.221. The molecule has 0 aromatic heterocycles. The highest BCUT2D eigenvalue weighted by molar-refractivity contribution is 7.91. The number of aromatic hydroxyl groups is 2. The number of nitrogens with zero attached hydrogens (tertiary/aromatic N) is 2. The summed E-state index contributed by atoms with van der Waals surface area (Å²) in [6.45, 7) is 0. The first-order valence-electron chi connectivity index (χ1n) is 10.4. The van der Waals surface area contributed by atoms with Gasteiger partial charge in [-0.05, 0) is 60.7 Å². The van der Waals surface area contributed by atoms with Crippen molar-refractivity contribution < 1.29 is 18.6 Å². The first-order valence-corrected chi connectivity index (χ1v) is 13.4. The number of sulfone groups is 1. The van der Waals surface area contributed by atoms with Crippen molar-refractivity contribution >= 4 is 80.0 Å². The molecule has 0 bridgehead atoms. The van der Waals surface area contributed by atoms with E-state index in [1.54, 1.807) is 24.3 Å². The summed E-state index contributed by atoms with van der Waals surface area (Å²) in [5.41, 5.74) is 1.23. The van der Waals surface area contributed by atoms with Gasteiger partial charge in [0.05, 0.1) is 31.2 Å². The molecule has 4 rings (SSSR count). The Labute approximate surface area is 233 Å². The zero-order valence-electron chi connectivity index (χ0n) is 18.6. The maximum atomic E-state index is 13.3. The molecule has 0 atom stereocenters. The number of hydrogen-bond donors (Lipinski definition) is 2. The fraction of sp³-hybridized carbons (Fsp3) is 0. The fourth-order valence-electron chi connectivity index (χ4n) is 3.25. The van der Waals surface area contributed by atoms with Gasteiger partial charge in [-0.1, -0.05) is 58.5 Å². The Hall–Kier alpha value is -3.07. The second-order valence-corrected chi connectivity index (χ2v) is 11.3. The number of halogens is 4. The van der Waals surface area contributed by atoms with Gasteiger partial charge in [0.2, 0.25) is 9.84 Å². The minimum Gasteiger partial charge on any atom is -0.506 e. The molecule has 0 fully saturated rings. The highest BCUT2D eigenvalue weighted by Crippen LogP contribution is 2.32. The summed E-state index contributed by atoms with van der Waals surface area (Å²) in [5.74, 6) is -0.381. The summed E-state index contributed by atoms with van der Waals surface area (Å²) in [4.78, 5) is 8.53. The summed E-state index contributed by atoms with van der Waals surface area (Å²) < 4.78 is 26.6. The van der Waals surface area contributed by atoms with Crippen molar-refractivity contribution in [3.63, 3.8) is 0 Å². The van der Waals surface area contributed by atoms with Crippen LogP contribution in [0.1, 0.15) is 11.1 Å². The number of hydrogen-bond acceptors (Lipinski definition) is 6. The lowest BCUT2D eigenvalue weighted by molar-refractivity contribution is 0.474. The second-order valence-electron chi connectivity index (χ2n) is 7.67. The van der Waals surface area contributed by atoms with Crippen LogP contribution in [0.3, 0.4) is 0 Å². The number of rotatable bonds is 6. The predicted octanol–water partition coefficient (Wildman–Crippen LogP) is 8.05. The molecule has 0 spiro atoms. The van der Waals surface area contributed by atoms with Crippen LogP contribution in [0.2, 0.25) is 20.1 Å². The first kappa shape index (κ1) is 27.0. The Morgan fingerprint density at radius 2 is 1.03 bits per heavy atom. The number of aliphatic imine (C=N–C) groups is 2. The van der Waals surface area contributed by atoms with E-state index in [-0.39, 0.29) is 42.5 Å². The smallest absolute Gasteiger partial charge is 0.206 e. The van der Waals surface area contributed by atoms with Crippen molar-refractivity contribution in [2.24, 2.45) is 9.98 Å². The second kappa shape index (κ2) is 11.1. The van der Waals surface area contributed by atoms with Crippen LogP contribution in [0.5, 0.6) is 11.5 Å². The van der Waals surface area contributed by atoms with Crippen molar-refractivity contribution in [1.82, 2.24) is 0 Å². The average Bonchev–Trinajstić information content (AvgIpc) is 2.87. The Morgan fingerprint density at radius 1 is 0.622 bits per heavy atom. The highest BCUT2D eigenvalue weighted by Gasteiger charge is 2.18. The predicted molar refractivity (Wildman–Crippen MR) is 149 cm³/mol. The summed E-state index contributed by atoms with van der Waals surface area (Å²) in [6.07, 6.45) is 2.68. The van der Waals surface area contributed by atoms with Crippen LogP contribution in [0.25, 0.3) is 0 Å². The van der Waals surface area contributed by atoms with Crippen molar-refractivity contribution in [3.05, 3.63) is 104 Å². The van der Waals surface area contributed by atoms with Gasteiger partial charge in [0.25, 0.3) is 0 Å². The largest absolute Gasteiger partial charge is 0.506 e. The molecular formula is C26H16Cl4N2O4S. The average molecular weight is 594 g/mol. The van der Waals surface area contributed by atoms with Crippen LogP contribution >= 0.6 is 46.4 Å². The molecular weight excluding hydrogens is 578 g/mol. The minimum atomic E-state index is -3.92. The van der Waals surface area contributed by atoms with Crippen LogP contribution in [-0.2, 0) is 9.84 Å². The molecule has 0 aliphatic rings. The molecule has 0 aliphatic carbocycles. The summed E-state index contributed by atoms with van der Waals surface area (Å²) in [6, 6.07) is 17.8. The van der Waals surface area contributed by atoms with Gasteiger partial charge >= 0.3 is 0 Å². The number of phenolic OH excluding ortho intramolecular Hbond substituents is 2. The Kier molecular flexibility index (Phi) is 8.11. The van der Waals surface area contributed by atoms with E-state index in [0.29, 0.717) is 21.4 Å². The zero-order chi connectivity index (χ0) is 26.7. The summed E-state index contributed by atoms with van der Waals surface area (Å²) >= 11 is 23.8. The maximum absolute atomic E-state index is 13.3. The van der Waals surface area contributed by atoms with E-state index >= 15 is 0 Å². The normalized spacial score (nSPS) is 12.0.